The van der Waals surface area contributed by atoms with E-state index < -0.39 is 10.0 Å². The molecule has 1 aromatic carbocycles. The molecule has 0 bridgehead atoms. The van der Waals surface area contributed by atoms with Gasteiger partial charge in [-0.3, -0.25) is 9.78 Å². The van der Waals surface area contributed by atoms with Crippen LogP contribution >= 0.6 is 10.0 Å². The zero-order chi connectivity index (χ0) is 30.3. The van der Waals surface area contributed by atoms with Crippen molar-refractivity contribution in [2.45, 2.75) is 18.9 Å². The molecular formula is C30H41N7O4S. The van der Waals surface area contributed by atoms with Crippen LogP contribution in [0.3, 0.4) is 0 Å². The summed E-state index contributed by atoms with van der Waals surface area (Å²) in [6.45, 7) is 1.37. The van der Waals surface area contributed by atoms with Gasteiger partial charge in [0, 0.05) is 67.6 Å². The Kier molecular flexibility index (Phi) is 10.2. The SMILES string of the molecule is CN/C=C(\C=N)c1cnc2ccc(N(CC3CCC(=O)N3COCCS(C)(C)C)c3cc(OC)cc(OC)c3)nc2n1. The third-order valence-electron chi connectivity index (χ3n) is 6.98. The number of hydrogen-bond donors (Lipinski definition) is 2. The first-order valence-corrected chi connectivity index (χ1v) is 16.7. The molecule has 42 heavy (non-hydrogen) atoms. The van der Waals surface area contributed by atoms with Gasteiger partial charge >= 0.3 is 0 Å². The fraction of sp³-hybridized carbons (Fsp3) is 0.433. The van der Waals surface area contributed by atoms with Crippen molar-refractivity contribution >= 4 is 50.4 Å². The molecule has 0 radical (unpaired) electrons. The summed E-state index contributed by atoms with van der Waals surface area (Å²) >= 11 is 0. The second-order valence-electron chi connectivity index (χ2n) is 10.9. The van der Waals surface area contributed by atoms with E-state index in [1.54, 1.807) is 33.7 Å². The van der Waals surface area contributed by atoms with Crippen molar-refractivity contribution in [3.63, 3.8) is 0 Å². The van der Waals surface area contributed by atoms with Gasteiger partial charge in [0.05, 0.1) is 38.8 Å². The highest BCUT2D eigenvalue weighted by Gasteiger charge is 2.33. The number of anilines is 2. The number of carbonyl (C=O) groups excluding carboxylic acids is 1. The number of aromatic nitrogens is 3. The van der Waals surface area contributed by atoms with E-state index in [-0.39, 0.29) is 18.7 Å². The van der Waals surface area contributed by atoms with Gasteiger partial charge in [0.15, 0.2) is 5.65 Å². The Balaban J connectivity index is 1.71. The highest BCUT2D eigenvalue weighted by Crippen LogP contribution is 2.35. The maximum atomic E-state index is 12.9. The van der Waals surface area contributed by atoms with Crippen molar-refractivity contribution in [2.75, 3.05) is 70.6 Å². The van der Waals surface area contributed by atoms with E-state index in [9.17, 15) is 4.79 Å². The van der Waals surface area contributed by atoms with Crippen molar-refractivity contribution in [1.82, 2.24) is 25.2 Å². The third-order valence-corrected chi connectivity index (χ3v) is 8.38. The molecule has 3 aromatic rings. The fourth-order valence-electron chi connectivity index (χ4n) is 4.64. The fourth-order valence-corrected chi connectivity index (χ4v) is 5.26. The molecule has 1 atom stereocenters. The van der Waals surface area contributed by atoms with E-state index in [0.717, 1.165) is 11.4 Å². The van der Waals surface area contributed by atoms with Crippen LogP contribution in [0.4, 0.5) is 11.5 Å². The summed E-state index contributed by atoms with van der Waals surface area (Å²) < 4.78 is 17.1. The quantitative estimate of drug-likeness (QED) is 0.210. The molecule has 1 fully saturated rings. The Labute approximate surface area is 249 Å². The molecule has 2 aromatic heterocycles. The van der Waals surface area contributed by atoms with Crippen LogP contribution in [0.25, 0.3) is 16.7 Å². The van der Waals surface area contributed by atoms with E-state index in [1.807, 2.05) is 35.2 Å². The molecule has 2 N–H and O–H groups in total. The van der Waals surface area contributed by atoms with Crippen molar-refractivity contribution in [3.05, 3.63) is 48.4 Å². The maximum Gasteiger partial charge on any atom is 0.224 e. The molecule has 1 aliphatic rings. The van der Waals surface area contributed by atoms with Crippen molar-refractivity contribution in [1.29, 1.82) is 5.41 Å². The monoisotopic (exact) mass is 595 g/mol. The first-order chi connectivity index (χ1) is 20.1. The number of carbonyl (C=O) groups is 1. The summed E-state index contributed by atoms with van der Waals surface area (Å²) in [5.74, 6) is 2.98. The van der Waals surface area contributed by atoms with Gasteiger partial charge in [0.1, 0.15) is 29.6 Å². The largest absolute Gasteiger partial charge is 0.497 e. The Morgan fingerprint density at radius 3 is 2.55 bits per heavy atom. The Hall–Kier alpha value is -3.90. The molecule has 1 saturated heterocycles. The van der Waals surface area contributed by atoms with Gasteiger partial charge < -0.3 is 34.7 Å². The van der Waals surface area contributed by atoms with Crippen LogP contribution in [0.2, 0.25) is 0 Å². The summed E-state index contributed by atoms with van der Waals surface area (Å²) in [6.07, 6.45) is 12.5. The van der Waals surface area contributed by atoms with Crippen molar-refractivity contribution < 1.29 is 19.0 Å². The van der Waals surface area contributed by atoms with Gasteiger partial charge in [-0.05, 0) is 37.3 Å². The number of fused-ring (bicyclic) bond motifs is 1. The van der Waals surface area contributed by atoms with Crippen LogP contribution in [0.15, 0.2) is 42.7 Å². The first kappa shape index (κ1) is 31.0. The summed E-state index contributed by atoms with van der Waals surface area (Å²) in [6, 6.07) is 9.34. The number of benzene rings is 1. The van der Waals surface area contributed by atoms with E-state index in [4.69, 9.17) is 29.6 Å². The van der Waals surface area contributed by atoms with E-state index >= 15 is 0 Å². The highest BCUT2D eigenvalue weighted by molar-refractivity contribution is 8.32. The minimum atomic E-state index is -0.682. The van der Waals surface area contributed by atoms with E-state index in [0.29, 0.717) is 65.7 Å². The normalized spacial score (nSPS) is 16.0. The number of amides is 1. The molecule has 0 aliphatic carbocycles. The molecule has 11 nitrogen and oxygen atoms in total. The Morgan fingerprint density at radius 2 is 1.90 bits per heavy atom. The van der Waals surface area contributed by atoms with Gasteiger partial charge in [0.25, 0.3) is 0 Å². The van der Waals surface area contributed by atoms with Crippen LogP contribution in [0.1, 0.15) is 18.5 Å². The summed E-state index contributed by atoms with van der Waals surface area (Å²) in [4.78, 5) is 30.9. The van der Waals surface area contributed by atoms with Crippen LogP contribution in [-0.4, -0.2) is 104 Å². The van der Waals surface area contributed by atoms with Crippen LogP contribution in [-0.2, 0) is 9.53 Å². The standard InChI is InChI=1S/C30H41N7O4S/c1-32-17-21(16-31)27-18-33-26-8-9-28(35-30(26)34-27)36(23-13-24(39-2)15-25(14-23)40-3)19-22-7-10-29(38)37(22)20-41-11-12-42(4,5)6/h8-9,13-18,22,31-32H,7,10-12,19-20H2,1-6H3/b21-17+,31-16?. The maximum absolute atomic E-state index is 12.9. The number of allylic oxidation sites excluding steroid dienone is 1. The van der Waals surface area contributed by atoms with Gasteiger partial charge in [-0.2, -0.15) is 0 Å². The van der Waals surface area contributed by atoms with Crippen molar-refractivity contribution in [2.24, 2.45) is 0 Å². The average Bonchev–Trinajstić information content (AvgIpc) is 3.33. The molecule has 12 heteroatoms. The summed E-state index contributed by atoms with van der Waals surface area (Å²) in [5.41, 5.74) is 3.00. The van der Waals surface area contributed by atoms with Gasteiger partial charge in [-0.15, -0.1) is 0 Å². The summed E-state index contributed by atoms with van der Waals surface area (Å²) in [5, 5.41) is 10.7. The second-order valence-corrected chi connectivity index (χ2v) is 15.5. The Bertz CT molecular complexity index is 1420. The van der Waals surface area contributed by atoms with Gasteiger partial charge in [-0.25, -0.2) is 20.0 Å². The molecule has 226 valence electrons. The van der Waals surface area contributed by atoms with E-state index in [1.165, 1.54) is 6.21 Å². The predicted octanol–water partition coefficient (Wildman–Crippen LogP) is 4.05. The molecule has 0 spiro atoms. The number of rotatable bonds is 14. The lowest BCUT2D eigenvalue weighted by atomic mass is 10.1. The van der Waals surface area contributed by atoms with Crippen molar-refractivity contribution in [3.8, 4) is 11.5 Å². The first-order valence-electron chi connectivity index (χ1n) is 13.7. The average molecular weight is 596 g/mol. The molecule has 1 amide bonds. The third kappa shape index (κ3) is 7.68. The van der Waals surface area contributed by atoms with Gasteiger partial charge in [0.2, 0.25) is 5.91 Å². The molecule has 1 unspecified atom stereocenters. The zero-order valence-corrected chi connectivity index (χ0v) is 26.0. The minimum absolute atomic E-state index is 0.0868. The number of likely N-dealkylation sites (tertiary alicyclic amines) is 1. The molecule has 4 rings (SSSR count). The number of ether oxygens (including phenoxy) is 3. The Morgan fingerprint density at radius 1 is 1.17 bits per heavy atom. The lowest BCUT2D eigenvalue weighted by molar-refractivity contribution is -0.134. The topological polar surface area (TPSA) is 126 Å². The number of methoxy groups -OCH3 is 2. The predicted molar refractivity (Wildman–Crippen MR) is 171 cm³/mol. The van der Waals surface area contributed by atoms with Gasteiger partial charge in [-0.1, -0.05) is 0 Å². The highest BCUT2D eigenvalue weighted by atomic mass is 32.3. The number of nitrogens with one attached hydrogen (secondary N) is 2. The molecule has 1 aliphatic heterocycles. The number of nitrogens with zero attached hydrogens (tertiary/aromatic N) is 5. The van der Waals surface area contributed by atoms with Crippen LogP contribution < -0.4 is 19.7 Å². The number of hydrogen-bond acceptors (Lipinski definition) is 10. The summed E-state index contributed by atoms with van der Waals surface area (Å²) in [7, 11) is 4.31. The molecule has 0 saturated carbocycles. The number of pyridine rings is 1. The van der Waals surface area contributed by atoms with Crippen LogP contribution in [0.5, 0.6) is 11.5 Å². The minimum Gasteiger partial charge on any atom is -0.497 e. The second kappa shape index (κ2) is 13.8. The van der Waals surface area contributed by atoms with Crippen LogP contribution in [0, 0.1) is 5.41 Å². The lowest BCUT2D eigenvalue weighted by Crippen LogP contribution is -2.42. The lowest BCUT2D eigenvalue weighted by Gasteiger charge is -2.32. The zero-order valence-electron chi connectivity index (χ0n) is 25.2. The molecule has 3 heterocycles. The smallest absolute Gasteiger partial charge is 0.224 e. The van der Waals surface area contributed by atoms with E-state index in [2.05, 4.69) is 34.0 Å². The molecular weight excluding hydrogens is 554 g/mol.